The highest BCUT2D eigenvalue weighted by Gasteiger charge is 2.19. The quantitative estimate of drug-likeness (QED) is 0.578. The van der Waals surface area contributed by atoms with Gasteiger partial charge in [0.15, 0.2) is 0 Å². The van der Waals surface area contributed by atoms with Crippen LogP contribution in [0.25, 0.3) is 0 Å². The maximum atomic E-state index is 10.7. The van der Waals surface area contributed by atoms with Crippen molar-refractivity contribution in [3.63, 3.8) is 0 Å². The molecule has 1 atom stereocenters. The maximum absolute atomic E-state index is 10.7. The van der Waals surface area contributed by atoms with Gasteiger partial charge in [0.1, 0.15) is 5.75 Å². The van der Waals surface area contributed by atoms with E-state index in [4.69, 9.17) is 15.6 Å². The number of aryl methyl sites for hydroxylation is 1. The highest BCUT2D eigenvalue weighted by molar-refractivity contribution is 5.73. The molecule has 17 heavy (non-hydrogen) atoms. The number of nitrogens with two attached hydrogens (primary N) is 1. The molecule has 0 fully saturated rings. The van der Waals surface area contributed by atoms with Crippen LogP contribution in [-0.2, 0) is 4.79 Å². The molecule has 7 heteroatoms. The summed E-state index contributed by atoms with van der Waals surface area (Å²) in [5, 5.41) is 19.3. The van der Waals surface area contributed by atoms with E-state index in [0.717, 1.165) is 0 Å². The number of carbonyl (C=O) groups is 1. The molecule has 1 unspecified atom stereocenters. The van der Waals surface area contributed by atoms with Gasteiger partial charge in [0.25, 0.3) is 5.69 Å². The molecule has 0 aromatic heterocycles. The number of nitro benzene ring substituents is 1. The van der Waals surface area contributed by atoms with E-state index < -0.39 is 17.0 Å². The predicted molar refractivity (Wildman–Crippen MR) is 58.9 cm³/mol. The summed E-state index contributed by atoms with van der Waals surface area (Å²) in [5.74, 6) is -0.904. The van der Waals surface area contributed by atoms with E-state index in [1.807, 2.05) is 0 Å². The summed E-state index contributed by atoms with van der Waals surface area (Å²) in [6.45, 7) is 1.42. The Morgan fingerprint density at radius 1 is 1.65 bits per heavy atom. The van der Waals surface area contributed by atoms with E-state index in [0.29, 0.717) is 5.56 Å². The van der Waals surface area contributed by atoms with E-state index in [2.05, 4.69) is 0 Å². The second-order valence-electron chi connectivity index (χ2n) is 3.39. The van der Waals surface area contributed by atoms with Crippen LogP contribution in [0.2, 0.25) is 0 Å². The van der Waals surface area contributed by atoms with Crippen molar-refractivity contribution in [3.05, 3.63) is 33.9 Å². The zero-order valence-electron chi connectivity index (χ0n) is 9.12. The third-order valence-corrected chi connectivity index (χ3v) is 2.13. The Balaban J connectivity index is 2.93. The number of benzene rings is 1. The highest BCUT2D eigenvalue weighted by atomic mass is 16.6. The molecule has 0 heterocycles. The van der Waals surface area contributed by atoms with E-state index in [1.165, 1.54) is 18.2 Å². The Morgan fingerprint density at radius 2 is 2.29 bits per heavy atom. The number of nitro groups is 1. The summed E-state index contributed by atoms with van der Waals surface area (Å²) in [6, 6.07) is 3.92. The van der Waals surface area contributed by atoms with E-state index in [-0.39, 0.29) is 18.0 Å². The van der Waals surface area contributed by atoms with Gasteiger partial charge >= 0.3 is 5.97 Å². The minimum Gasteiger partial charge on any atom is -0.478 e. The van der Waals surface area contributed by atoms with Crippen molar-refractivity contribution in [1.82, 2.24) is 0 Å². The molecule has 1 aromatic carbocycles. The zero-order chi connectivity index (χ0) is 13.0. The summed E-state index contributed by atoms with van der Waals surface area (Å²) in [5.41, 5.74) is 5.65. The second kappa shape index (κ2) is 5.26. The van der Waals surface area contributed by atoms with Crippen molar-refractivity contribution in [1.29, 1.82) is 0 Å². The van der Waals surface area contributed by atoms with Crippen molar-refractivity contribution in [2.24, 2.45) is 5.73 Å². The molecule has 0 aliphatic carbocycles. The summed E-state index contributed by atoms with van der Waals surface area (Å²) < 4.78 is 5.14. The van der Waals surface area contributed by atoms with Gasteiger partial charge < -0.3 is 15.6 Å². The van der Waals surface area contributed by atoms with Gasteiger partial charge in [-0.25, -0.2) is 4.79 Å². The molecule has 0 bridgehead atoms. The van der Waals surface area contributed by atoms with Crippen LogP contribution in [0.15, 0.2) is 18.2 Å². The standard InChI is InChI=1S/C10H12N2O5/c1-6-4-7(12(15)16)2-3-8(6)17-9(5-11)10(13)14/h2-4,9H,5,11H2,1H3,(H,13,14). The average Bonchev–Trinajstić information content (AvgIpc) is 2.26. The Labute approximate surface area is 97.0 Å². The largest absolute Gasteiger partial charge is 0.478 e. The Hall–Kier alpha value is -2.15. The number of hydrogen-bond acceptors (Lipinski definition) is 5. The zero-order valence-corrected chi connectivity index (χ0v) is 9.12. The summed E-state index contributed by atoms with van der Waals surface area (Å²) in [6.07, 6.45) is -1.16. The van der Waals surface area contributed by atoms with Crippen LogP contribution in [0.4, 0.5) is 5.69 Å². The monoisotopic (exact) mass is 240 g/mol. The smallest absolute Gasteiger partial charge is 0.346 e. The van der Waals surface area contributed by atoms with E-state index >= 15 is 0 Å². The van der Waals surface area contributed by atoms with Crippen LogP contribution < -0.4 is 10.5 Å². The van der Waals surface area contributed by atoms with Gasteiger partial charge in [-0.3, -0.25) is 10.1 Å². The molecule has 1 rings (SSSR count). The number of non-ortho nitro benzene ring substituents is 1. The van der Waals surface area contributed by atoms with Gasteiger partial charge in [0.2, 0.25) is 6.10 Å². The minimum atomic E-state index is -1.18. The first kappa shape index (κ1) is 12.9. The lowest BCUT2D eigenvalue weighted by Crippen LogP contribution is -2.34. The third-order valence-electron chi connectivity index (χ3n) is 2.13. The van der Waals surface area contributed by atoms with Gasteiger partial charge in [-0.1, -0.05) is 0 Å². The van der Waals surface area contributed by atoms with Crippen molar-refractivity contribution in [2.75, 3.05) is 6.54 Å². The molecular formula is C10H12N2O5. The third kappa shape index (κ3) is 3.15. The maximum Gasteiger partial charge on any atom is 0.346 e. The first-order valence-electron chi connectivity index (χ1n) is 4.80. The van der Waals surface area contributed by atoms with Gasteiger partial charge in [0, 0.05) is 18.7 Å². The van der Waals surface area contributed by atoms with Crippen LogP contribution in [0.5, 0.6) is 5.75 Å². The lowest BCUT2D eigenvalue weighted by molar-refractivity contribution is -0.384. The molecule has 1 aromatic rings. The van der Waals surface area contributed by atoms with Crippen molar-refractivity contribution in [3.8, 4) is 5.75 Å². The van der Waals surface area contributed by atoms with Crippen LogP contribution in [0, 0.1) is 17.0 Å². The fourth-order valence-corrected chi connectivity index (χ4v) is 1.23. The summed E-state index contributed by atoms with van der Waals surface area (Å²) in [7, 11) is 0. The molecule has 0 amide bonds. The number of aliphatic carboxylic acids is 1. The van der Waals surface area contributed by atoms with Crippen LogP contribution in [0.3, 0.4) is 0 Å². The molecule has 3 N–H and O–H groups in total. The summed E-state index contributed by atoms with van der Waals surface area (Å²) >= 11 is 0. The molecule has 92 valence electrons. The molecule has 0 saturated heterocycles. The normalized spacial score (nSPS) is 11.9. The van der Waals surface area contributed by atoms with Gasteiger partial charge in [-0.05, 0) is 18.6 Å². The van der Waals surface area contributed by atoms with Crippen molar-refractivity contribution in [2.45, 2.75) is 13.0 Å². The minimum absolute atomic E-state index is 0.0746. The molecule has 0 spiro atoms. The fourth-order valence-electron chi connectivity index (χ4n) is 1.23. The van der Waals surface area contributed by atoms with Gasteiger partial charge in [0.05, 0.1) is 4.92 Å². The Morgan fingerprint density at radius 3 is 2.71 bits per heavy atom. The molecule has 0 saturated carbocycles. The fraction of sp³-hybridized carbons (Fsp3) is 0.300. The number of carboxylic acid groups (broad SMARTS) is 1. The molecule has 0 aliphatic heterocycles. The molecular weight excluding hydrogens is 228 g/mol. The van der Waals surface area contributed by atoms with Crippen LogP contribution in [0.1, 0.15) is 5.56 Å². The lowest BCUT2D eigenvalue weighted by Gasteiger charge is -2.14. The van der Waals surface area contributed by atoms with E-state index in [9.17, 15) is 14.9 Å². The number of carboxylic acids is 1. The van der Waals surface area contributed by atoms with Crippen molar-refractivity contribution < 1.29 is 19.6 Å². The molecule has 7 nitrogen and oxygen atoms in total. The van der Waals surface area contributed by atoms with Gasteiger partial charge in [-0.15, -0.1) is 0 Å². The van der Waals surface area contributed by atoms with Crippen LogP contribution >= 0.6 is 0 Å². The number of rotatable bonds is 5. The first-order valence-corrected chi connectivity index (χ1v) is 4.80. The topological polar surface area (TPSA) is 116 Å². The van der Waals surface area contributed by atoms with Crippen molar-refractivity contribution >= 4 is 11.7 Å². The molecule has 0 aliphatic rings. The Bertz CT molecular complexity index is 446. The second-order valence-corrected chi connectivity index (χ2v) is 3.39. The number of hydrogen-bond donors (Lipinski definition) is 2. The summed E-state index contributed by atoms with van der Waals surface area (Å²) in [4.78, 5) is 20.7. The van der Waals surface area contributed by atoms with Crippen LogP contribution in [-0.4, -0.2) is 28.6 Å². The highest BCUT2D eigenvalue weighted by Crippen LogP contribution is 2.24. The Kier molecular flexibility index (Phi) is 4.00. The van der Waals surface area contributed by atoms with Gasteiger partial charge in [-0.2, -0.15) is 0 Å². The SMILES string of the molecule is Cc1cc([N+](=O)[O-])ccc1OC(CN)C(=O)O. The molecule has 0 radical (unpaired) electrons. The predicted octanol–water partition coefficient (Wildman–Crippen LogP) is 0.694. The van der Waals surface area contributed by atoms with E-state index in [1.54, 1.807) is 6.92 Å². The lowest BCUT2D eigenvalue weighted by atomic mass is 10.2. The first-order chi connectivity index (χ1) is 7.95. The number of ether oxygens (including phenoxy) is 1. The number of nitrogens with zero attached hydrogens (tertiary/aromatic N) is 1. The average molecular weight is 240 g/mol.